The van der Waals surface area contributed by atoms with Crippen molar-refractivity contribution in [1.82, 2.24) is 9.21 Å². The van der Waals surface area contributed by atoms with Crippen molar-refractivity contribution in [3.63, 3.8) is 0 Å². The van der Waals surface area contributed by atoms with Gasteiger partial charge in [-0.2, -0.15) is 4.31 Å². The summed E-state index contributed by atoms with van der Waals surface area (Å²) < 4.78 is 27.2. The van der Waals surface area contributed by atoms with Crippen molar-refractivity contribution in [3.8, 4) is 0 Å². The number of anilines is 1. The smallest absolute Gasteiger partial charge is 0.255 e. The van der Waals surface area contributed by atoms with Crippen LogP contribution in [0.1, 0.15) is 21.5 Å². The first-order chi connectivity index (χ1) is 15.8. The van der Waals surface area contributed by atoms with Crippen molar-refractivity contribution in [3.05, 3.63) is 94.5 Å². The minimum absolute atomic E-state index is 0.194. The molecule has 0 saturated carbocycles. The normalized spacial score (nSPS) is 15.3. The quantitative estimate of drug-likeness (QED) is 0.564. The number of rotatable bonds is 6. The summed E-state index contributed by atoms with van der Waals surface area (Å²) in [6.45, 7) is 4.65. The Morgan fingerprint density at radius 3 is 2.36 bits per heavy atom. The van der Waals surface area contributed by atoms with E-state index in [4.69, 9.17) is 11.6 Å². The molecule has 1 fully saturated rings. The van der Waals surface area contributed by atoms with Gasteiger partial charge in [-0.05, 0) is 54.4 Å². The summed E-state index contributed by atoms with van der Waals surface area (Å²) in [4.78, 5) is 15.3. The molecule has 33 heavy (non-hydrogen) atoms. The molecule has 1 heterocycles. The fourth-order valence-corrected chi connectivity index (χ4v) is 5.49. The van der Waals surface area contributed by atoms with Crippen molar-refractivity contribution in [2.45, 2.75) is 18.4 Å². The number of benzene rings is 3. The van der Waals surface area contributed by atoms with E-state index in [0.717, 1.165) is 11.1 Å². The van der Waals surface area contributed by atoms with Gasteiger partial charge < -0.3 is 5.32 Å². The molecule has 0 unspecified atom stereocenters. The minimum Gasteiger partial charge on any atom is -0.322 e. The molecule has 0 radical (unpaired) electrons. The van der Waals surface area contributed by atoms with Gasteiger partial charge in [-0.25, -0.2) is 8.42 Å². The van der Waals surface area contributed by atoms with Crippen LogP contribution in [-0.4, -0.2) is 49.7 Å². The Hall–Kier alpha value is -2.71. The van der Waals surface area contributed by atoms with E-state index in [1.54, 1.807) is 42.5 Å². The number of hydrogen-bond donors (Lipinski definition) is 1. The third-order valence-corrected chi connectivity index (χ3v) is 8.15. The summed E-state index contributed by atoms with van der Waals surface area (Å²) in [5.41, 5.74) is 3.09. The summed E-state index contributed by atoms with van der Waals surface area (Å²) >= 11 is 6.15. The number of sulfonamides is 1. The Labute approximate surface area is 199 Å². The first kappa shape index (κ1) is 23.4. The molecule has 0 atom stereocenters. The van der Waals surface area contributed by atoms with E-state index in [-0.39, 0.29) is 5.91 Å². The van der Waals surface area contributed by atoms with Gasteiger partial charge in [0.25, 0.3) is 5.91 Å². The highest BCUT2D eigenvalue weighted by molar-refractivity contribution is 7.89. The lowest BCUT2D eigenvalue weighted by Gasteiger charge is -2.34. The lowest BCUT2D eigenvalue weighted by atomic mass is 10.1. The van der Waals surface area contributed by atoms with Crippen molar-refractivity contribution in [2.75, 3.05) is 31.5 Å². The Bertz CT molecular complexity index is 1240. The maximum atomic E-state index is 12.8. The van der Waals surface area contributed by atoms with Gasteiger partial charge >= 0.3 is 0 Å². The number of carbonyl (C=O) groups is 1. The molecule has 3 aromatic carbocycles. The summed E-state index contributed by atoms with van der Waals surface area (Å²) in [7, 11) is -3.47. The fourth-order valence-electron chi connectivity index (χ4n) is 3.88. The fraction of sp³-hybridized carbons (Fsp3) is 0.240. The molecule has 1 saturated heterocycles. The van der Waals surface area contributed by atoms with Crippen LogP contribution in [0.3, 0.4) is 0 Å². The molecular formula is C25H26ClN3O3S. The van der Waals surface area contributed by atoms with Crippen molar-refractivity contribution in [1.29, 1.82) is 0 Å². The monoisotopic (exact) mass is 483 g/mol. The highest BCUT2D eigenvalue weighted by Crippen LogP contribution is 2.24. The second-order valence-electron chi connectivity index (χ2n) is 8.06. The molecule has 4 rings (SSSR count). The van der Waals surface area contributed by atoms with Gasteiger partial charge in [-0.15, -0.1) is 0 Å². The van der Waals surface area contributed by atoms with E-state index in [0.29, 0.717) is 53.9 Å². The Morgan fingerprint density at radius 1 is 0.939 bits per heavy atom. The van der Waals surface area contributed by atoms with Crippen LogP contribution in [0.15, 0.2) is 77.7 Å². The molecule has 0 aliphatic carbocycles. The lowest BCUT2D eigenvalue weighted by Crippen LogP contribution is -2.48. The number of piperazine rings is 1. The predicted molar refractivity (Wildman–Crippen MR) is 131 cm³/mol. The molecule has 0 spiro atoms. The Balaban J connectivity index is 1.37. The Kier molecular flexibility index (Phi) is 7.14. The number of carbonyl (C=O) groups excluding carboxylic acids is 1. The van der Waals surface area contributed by atoms with Gasteiger partial charge in [0.05, 0.1) is 4.90 Å². The molecule has 8 heteroatoms. The van der Waals surface area contributed by atoms with Gasteiger partial charge in [-0.1, -0.05) is 48.0 Å². The number of halogens is 1. The third kappa shape index (κ3) is 5.45. The molecule has 172 valence electrons. The maximum Gasteiger partial charge on any atom is 0.255 e. The summed E-state index contributed by atoms with van der Waals surface area (Å²) in [5.74, 6) is -0.194. The summed E-state index contributed by atoms with van der Waals surface area (Å²) in [6, 6.07) is 21.5. The van der Waals surface area contributed by atoms with Crippen LogP contribution in [0, 0.1) is 6.92 Å². The van der Waals surface area contributed by atoms with E-state index < -0.39 is 10.0 Å². The van der Waals surface area contributed by atoms with Crippen LogP contribution in [0.5, 0.6) is 0 Å². The van der Waals surface area contributed by atoms with E-state index in [1.807, 2.05) is 37.3 Å². The van der Waals surface area contributed by atoms with E-state index in [2.05, 4.69) is 10.2 Å². The largest absolute Gasteiger partial charge is 0.322 e. The highest BCUT2D eigenvalue weighted by Gasteiger charge is 2.28. The second kappa shape index (κ2) is 10.1. The Morgan fingerprint density at radius 2 is 1.64 bits per heavy atom. The topological polar surface area (TPSA) is 69.7 Å². The van der Waals surface area contributed by atoms with Crippen molar-refractivity contribution < 1.29 is 13.2 Å². The molecule has 0 aromatic heterocycles. The maximum absolute atomic E-state index is 12.8. The first-order valence-electron chi connectivity index (χ1n) is 10.8. The zero-order valence-corrected chi connectivity index (χ0v) is 19.9. The van der Waals surface area contributed by atoms with Gasteiger partial charge in [0.15, 0.2) is 0 Å². The van der Waals surface area contributed by atoms with Crippen molar-refractivity contribution in [2.24, 2.45) is 0 Å². The molecule has 1 aliphatic heterocycles. The summed E-state index contributed by atoms with van der Waals surface area (Å²) in [5, 5.41) is 3.53. The number of nitrogens with one attached hydrogen (secondary N) is 1. The van der Waals surface area contributed by atoms with Gasteiger partial charge in [0.1, 0.15) is 0 Å². The number of amides is 1. The number of nitrogens with zero attached hydrogens (tertiary/aromatic N) is 2. The van der Waals surface area contributed by atoms with E-state index >= 15 is 0 Å². The highest BCUT2D eigenvalue weighted by atomic mass is 35.5. The van der Waals surface area contributed by atoms with Crippen LogP contribution < -0.4 is 5.32 Å². The average Bonchev–Trinajstić information content (AvgIpc) is 2.83. The molecule has 0 bridgehead atoms. The molecule has 3 aromatic rings. The average molecular weight is 484 g/mol. The molecule has 1 aliphatic rings. The van der Waals surface area contributed by atoms with Gasteiger partial charge in [-0.3, -0.25) is 9.69 Å². The molecule has 6 nitrogen and oxygen atoms in total. The molecular weight excluding hydrogens is 458 g/mol. The lowest BCUT2D eigenvalue weighted by molar-refractivity contribution is 0.102. The molecule has 1 N–H and O–H groups in total. The predicted octanol–water partition coefficient (Wildman–Crippen LogP) is 4.41. The van der Waals surface area contributed by atoms with Crippen molar-refractivity contribution >= 4 is 33.2 Å². The zero-order valence-electron chi connectivity index (χ0n) is 18.4. The second-order valence-corrected chi connectivity index (χ2v) is 10.4. The number of hydrogen-bond acceptors (Lipinski definition) is 4. The van der Waals surface area contributed by atoms with Crippen LogP contribution >= 0.6 is 11.6 Å². The van der Waals surface area contributed by atoms with Crippen LogP contribution in [0.2, 0.25) is 5.02 Å². The van der Waals surface area contributed by atoms with E-state index in [9.17, 15) is 13.2 Å². The summed E-state index contributed by atoms with van der Waals surface area (Å²) in [6.07, 6.45) is 0. The van der Waals surface area contributed by atoms with Crippen LogP contribution in [-0.2, 0) is 16.6 Å². The molecule has 1 amide bonds. The first-order valence-corrected chi connectivity index (χ1v) is 12.6. The SMILES string of the molecule is Cc1c(Cl)cccc1NC(=O)c1cccc(CN2CCN(S(=O)(=O)c3ccccc3)CC2)c1. The van der Waals surface area contributed by atoms with E-state index in [1.165, 1.54) is 4.31 Å². The van der Waals surface area contributed by atoms with Crippen LogP contribution in [0.25, 0.3) is 0 Å². The standard InChI is InChI=1S/C25H26ClN3O3S/c1-19-23(26)11-6-12-24(19)27-25(30)21-8-5-7-20(17-21)18-28-13-15-29(16-14-28)33(31,32)22-9-3-2-4-10-22/h2-12,17H,13-16,18H2,1H3,(H,27,30). The third-order valence-electron chi connectivity index (χ3n) is 5.82. The minimum atomic E-state index is -3.47. The zero-order chi connectivity index (χ0) is 23.4. The van der Waals surface area contributed by atoms with Crippen LogP contribution in [0.4, 0.5) is 5.69 Å². The van der Waals surface area contributed by atoms with Gasteiger partial charge in [0, 0.05) is 49.0 Å². The van der Waals surface area contributed by atoms with Gasteiger partial charge in [0.2, 0.25) is 10.0 Å².